The van der Waals surface area contributed by atoms with Gasteiger partial charge in [0, 0.05) is 184 Å². The SMILES string of the molecule is CCn1ccc(CSc2nc(C)cc(C)n2)c1.Cc1cc(=O)[nH]c(SCc2ccc3c(c2)nnn3C)n1.Cc1cc(=O)[nH]c(SCc2scnc2Cl)n1.Cc1cc(C)n(CSc2nc(C)cc(C)n2)c1.Cc1cc(C)nc(SCc2cnc(C)n2C)n1.Cc1cc(C)nc(SCc2csc(C)n2)n1.Cc1ccn2c(CSc3nc(C)cc(=O)[nH]3)cnc2c1.Cl. The molecule has 28 nitrogen and oxygen atoms in total. The number of fused-ring (bicyclic) bond motifs is 2. The lowest BCUT2D eigenvalue weighted by Crippen LogP contribution is -2.08. The predicted octanol–water partition coefficient (Wildman–Crippen LogP) is 18.9. The van der Waals surface area contributed by atoms with E-state index in [-0.39, 0.29) is 29.1 Å². The molecule has 0 aliphatic rings. The molecule has 650 valence electrons. The van der Waals surface area contributed by atoms with E-state index < -0.39 is 0 Å². The second-order valence-corrected chi connectivity index (χ2v) is 37.3. The number of thiazole rings is 2. The molecule has 0 aliphatic heterocycles. The molecule has 3 N–H and O–H groups in total. The first kappa shape index (κ1) is 98.1. The van der Waals surface area contributed by atoms with E-state index in [9.17, 15) is 14.4 Å². The van der Waals surface area contributed by atoms with Gasteiger partial charge in [-0.15, -0.1) is 40.2 Å². The topological polar surface area (TPSA) is 342 Å². The largest absolute Gasteiger partial charge is 0.354 e. The van der Waals surface area contributed by atoms with Crippen molar-refractivity contribution < 1.29 is 0 Å². The molecule has 39 heteroatoms. The normalized spacial score (nSPS) is 10.8. The zero-order valence-corrected chi connectivity index (χ0v) is 81.3. The molecule has 0 aliphatic carbocycles. The lowest BCUT2D eigenvalue weighted by molar-refractivity contribution is 0.736. The van der Waals surface area contributed by atoms with Gasteiger partial charge in [0.05, 0.1) is 44.4 Å². The fourth-order valence-corrected chi connectivity index (χ4v) is 19.7. The van der Waals surface area contributed by atoms with Crippen LogP contribution in [0.15, 0.2) is 183 Å². The third kappa shape index (κ3) is 32.1. The molecular weight excluding hydrogens is 1780 g/mol. The smallest absolute Gasteiger partial charge is 0.251 e. The van der Waals surface area contributed by atoms with Crippen molar-refractivity contribution in [1.82, 2.24) is 123 Å². The second kappa shape index (κ2) is 48.2. The summed E-state index contributed by atoms with van der Waals surface area (Å²) in [6.45, 7) is 34.9. The Kier molecular flexibility index (Phi) is 38.1. The average molecular weight is 1880 g/mol. The molecule has 0 saturated carbocycles. The van der Waals surface area contributed by atoms with Crippen LogP contribution in [-0.2, 0) is 61.0 Å². The van der Waals surface area contributed by atoms with E-state index in [1.54, 1.807) is 75.5 Å². The van der Waals surface area contributed by atoms with Gasteiger partial charge < -0.3 is 33.1 Å². The van der Waals surface area contributed by atoms with Crippen LogP contribution in [0.1, 0.15) is 130 Å². The molecule has 0 fully saturated rings. The lowest BCUT2D eigenvalue weighted by Gasteiger charge is -2.06. The van der Waals surface area contributed by atoms with Gasteiger partial charge >= 0.3 is 0 Å². The fraction of sp³-hybridized carbons (Fsp3) is 0.318. The van der Waals surface area contributed by atoms with Crippen LogP contribution in [-0.4, -0.2) is 123 Å². The minimum Gasteiger partial charge on any atom is -0.354 e. The Morgan fingerprint density at radius 2 is 0.927 bits per heavy atom. The zero-order valence-electron chi connectivity index (χ0n) is 72.4. The molecule has 0 spiro atoms. The Bertz CT molecular complexity index is 6260. The highest BCUT2D eigenvalue weighted by atomic mass is 35.5. The van der Waals surface area contributed by atoms with Gasteiger partial charge in [0.1, 0.15) is 22.1 Å². The molecule has 0 radical (unpaired) electrons. The molecule has 0 amide bonds. The van der Waals surface area contributed by atoms with Gasteiger partial charge in [-0.1, -0.05) is 105 Å². The van der Waals surface area contributed by atoms with Gasteiger partial charge in [-0.3, -0.25) is 14.4 Å². The van der Waals surface area contributed by atoms with E-state index in [4.69, 9.17) is 11.6 Å². The zero-order chi connectivity index (χ0) is 88.4. The van der Waals surface area contributed by atoms with Crippen molar-refractivity contribution in [2.24, 2.45) is 14.1 Å². The summed E-state index contributed by atoms with van der Waals surface area (Å²) in [7, 11) is 3.89. The first-order chi connectivity index (χ1) is 58.8. The molecule has 15 aromatic heterocycles. The van der Waals surface area contributed by atoms with E-state index in [0.717, 1.165) is 162 Å². The van der Waals surface area contributed by atoms with Crippen molar-refractivity contribution in [2.45, 2.75) is 201 Å². The number of hydrogen-bond donors (Lipinski definition) is 3. The summed E-state index contributed by atoms with van der Waals surface area (Å²) in [4.78, 5) is 108. The summed E-state index contributed by atoms with van der Waals surface area (Å²) in [5.74, 6) is 6.60. The number of aromatic amines is 3. The van der Waals surface area contributed by atoms with E-state index in [0.29, 0.717) is 37.8 Å². The van der Waals surface area contributed by atoms with Gasteiger partial charge in [-0.2, -0.15) is 0 Å². The van der Waals surface area contributed by atoms with Crippen LogP contribution >= 0.6 is 129 Å². The van der Waals surface area contributed by atoms with Crippen LogP contribution in [0.3, 0.4) is 0 Å². The lowest BCUT2D eigenvalue weighted by atomic mass is 10.2. The summed E-state index contributed by atoms with van der Waals surface area (Å²) >= 11 is 20.1. The number of aromatic nitrogens is 25. The van der Waals surface area contributed by atoms with Gasteiger partial charge in [0.2, 0.25) is 0 Å². The first-order valence-electron chi connectivity index (χ1n) is 38.7. The van der Waals surface area contributed by atoms with Crippen molar-refractivity contribution in [3.8, 4) is 0 Å². The molecule has 16 aromatic rings. The average Bonchev–Trinajstić information content (AvgIpc) is 1.68. The van der Waals surface area contributed by atoms with Crippen LogP contribution < -0.4 is 16.7 Å². The number of pyridine rings is 1. The molecule has 0 atom stereocenters. The number of thioether (sulfide) groups is 7. The maximum absolute atomic E-state index is 11.4. The second-order valence-electron chi connectivity index (χ2n) is 28.3. The number of halogens is 2. The molecule has 0 saturated heterocycles. The Morgan fingerprint density at radius 1 is 0.444 bits per heavy atom. The Hall–Kier alpha value is -9.67. The summed E-state index contributed by atoms with van der Waals surface area (Å²) in [6.07, 6.45) is 12.2. The molecule has 16 rings (SSSR count). The Labute approximate surface area is 769 Å². The van der Waals surface area contributed by atoms with Crippen molar-refractivity contribution in [2.75, 3.05) is 0 Å². The molecule has 0 unspecified atom stereocenters. The van der Waals surface area contributed by atoms with E-state index in [1.807, 2.05) is 176 Å². The van der Waals surface area contributed by atoms with E-state index in [2.05, 4.69) is 177 Å². The number of imidazole rings is 2. The van der Waals surface area contributed by atoms with Crippen molar-refractivity contribution >= 4 is 146 Å². The number of nitrogens with one attached hydrogen (secondary N) is 3. The number of H-pyrrole nitrogens is 3. The van der Waals surface area contributed by atoms with E-state index >= 15 is 0 Å². The van der Waals surface area contributed by atoms with Crippen molar-refractivity contribution in [3.05, 3.63) is 293 Å². The summed E-state index contributed by atoms with van der Waals surface area (Å²) in [6, 6.07) is 26.9. The third-order valence-electron chi connectivity index (χ3n) is 17.3. The minimum atomic E-state index is -0.134. The van der Waals surface area contributed by atoms with Gasteiger partial charge in [0.25, 0.3) is 16.7 Å². The minimum absolute atomic E-state index is 0. The van der Waals surface area contributed by atoms with Crippen LogP contribution in [0.2, 0.25) is 5.15 Å². The third-order valence-corrected chi connectivity index (χ3v) is 25.8. The van der Waals surface area contributed by atoms with Crippen molar-refractivity contribution in [3.63, 3.8) is 0 Å². The van der Waals surface area contributed by atoms with Crippen molar-refractivity contribution in [1.29, 1.82) is 0 Å². The van der Waals surface area contributed by atoms with Gasteiger partial charge in [0.15, 0.2) is 36.1 Å². The van der Waals surface area contributed by atoms with Crippen LogP contribution in [0.4, 0.5) is 0 Å². The summed E-state index contributed by atoms with van der Waals surface area (Å²) in [5.41, 5.74) is 24.1. The number of hydrogen-bond acceptors (Lipinski definition) is 29. The predicted molar refractivity (Wildman–Crippen MR) is 510 cm³/mol. The quantitative estimate of drug-likeness (QED) is 0.0419. The molecular formula is C85H99Cl2N25O3S9. The first-order valence-corrected chi connectivity index (χ1v) is 47.7. The molecule has 15 heterocycles. The van der Waals surface area contributed by atoms with Gasteiger partial charge in [-0.05, 0) is 201 Å². The van der Waals surface area contributed by atoms with Crippen LogP contribution in [0.5, 0.6) is 0 Å². The maximum atomic E-state index is 11.4. The molecule has 0 bridgehead atoms. The molecule has 124 heavy (non-hydrogen) atoms. The Morgan fingerprint density at radius 3 is 1.40 bits per heavy atom. The monoisotopic (exact) mass is 1880 g/mol. The van der Waals surface area contributed by atoms with Gasteiger partial charge in [-0.25, -0.2) is 79.4 Å². The van der Waals surface area contributed by atoms with Crippen LogP contribution in [0.25, 0.3) is 16.7 Å². The van der Waals surface area contributed by atoms with E-state index in [1.165, 1.54) is 92.9 Å². The highest BCUT2D eigenvalue weighted by Crippen LogP contribution is 2.29. The Balaban J connectivity index is 0.000000164. The molecule has 1 aromatic carbocycles. The number of rotatable bonds is 22. The fourth-order valence-electron chi connectivity index (χ4n) is 11.5. The van der Waals surface area contributed by atoms with Crippen LogP contribution in [0, 0.1) is 111 Å². The summed E-state index contributed by atoms with van der Waals surface area (Å²) < 4.78 is 10.3. The summed E-state index contributed by atoms with van der Waals surface area (Å²) in [5, 5.41) is 17.1. The standard InChI is InChI=1S/C14H14N4OS.C13H13N5OS.2C13H17N3S.C12H16N4S.C11H13N3S2.C9H8ClN3OS2.ClH/c1-9-3-4-18-11(7-15-12(18)5-9)8-20-14-16-10(2)6-13(19)17-14;1-8-5-12(19)15-13(14-8)20-7-9-3-4-11-10(6-9)16-17-18(11)2;1-9-5-12(4)16(7-9)8-17-13-14-10(2)6-11(3)15-13;1-4-16-6-5-12(8-16)9-17-13-14-10(2)7-11(3)15-13;1-8-5-9(2)15-12(14-8)17-7-11-6-13-10(3)16(11)4;1-7-4-8(2)13-11(12-7)16-6-10-5-15-9(3)14-10;1-5-2-7(14)13-9(12-5)15-3-6-8(10)11-4-16-6;/h3-7H,8H2,1-2H3,(H,16,17,19);3-6H,7H2,1-2H3,(H,14,15,19);5-7H,8H2,1-4H3;5-8H,4,9H2,1-3H3;5-6H,7H2,1-4H3;4-5H,6H2,1-3H3;2,4H,3H2,1H3,(H,12,13,14);1H. The number of nitrogens with zero attached hydrogens (tertiary/aromatic N) is 22. The highest BCUT2D eigenvalue weighted by molar-refractivity contribution is 7.99. The number of benzene rings is 1. The number of aryl methyl sites for hydroxylation is 18. The maximum Gasteiger partial charge on any atom is 0.251 e. The highest BCUT2D eigenvalue weighted by Gasteiger charge is 2.13.